The summed E-state index contributed by atoms with van der Waals surface area (Å²) in [5, 5.41) is 5.97. The second-order valence-electron chi connectivity index (χ2n) is 4.19. The van der Waals surface area contributed by atoms with Crippen LogP contribution in [-0.4, -0.2) is 37.9 Å². The molecule has 1 unspecified atom stereocenters. The fraction of sp³-hybridized carbons (Fsp3) is 0.500. The van der Waals surface area contributed by atoms with Gasteiger partial charge in [-0.1, -0.05) is 0 Å². The van der Waals surface area contributed by atoms with Crippen LogP contribution in [0.2, 0.25) is 0 Å². The molecule has 6 heteroatoms. The van der Waals surface area contributed by atoms with Crippen molar-refractivity contribution in [1.82, 2.24) is 10.6 Å². The first-order valence-electron chi connectivity index (χ1n) is 6.45. The van der Waals surface area contributed by atoms with Crippen molar-refractivity contribution in [1.29, 1.82) is 0 Å². The monoisotopic (exact) mass is 318 g/mol. The molecule has 1 rings (SSSR count). The summed E-state index contributed by atoms with van der Waals surface area (Å²) in [4.78, 5) is 12.7. The maximum absolute atomic E-state index is 11.6. The van der Waals surface area contributed by atoms with Crippen LogP contribution in [0.4, 0.5) is 0 Å². The molecular weight excluding hydrogens is 296 g/mol. The lowest BCUT2D eigenvalue weighted by molar-refractivity contribution is -0.118. The molecule has 0 spiro atoms. The van der Waals surface area contributed by atoms with E-state index in [0.717, 1.165) is 10.6 Å². The average Bonchev–Trinajstić information content (AvgIpc) is 2.44. The molecule has 20 heavy (non-hydrogen) atoms. The molecule has 1 aromatic carbocycles. The van der Waals surface area contributed by atoms with Gasteiger partial charge in [-0.15, -0.1) is 24.2 Å². The molecule has 0 aliphatic carbocycles. The van der Waals surface area contributed by atoms with Gasteiger partial charge in [-0.05, 0) is 45.2 Å². The predicted octanol–water partition coefficient (Wildman–Crippen LogP) is 2.32. The number of ether oxygens (including phenoxy) is 1. The van der Waals surface area contributed by atoms with Gasteiger partial charge >= 0.3 is 0 Å². The van der Waals surface area contributed by atoms with E-state index in [2.05, 4.69) is 10.6 Å². The third-order valence-electron chi connectivity index (χ3n) is 2.60. The standard InChI is InChI=1S/C14H22N2O2S.ClH/c1-4-18-12-5-7-13(8-6-12)19-10-14(17)16-9-11(2)15-3;/h5-8,11,15H,4,9-10H2,1-3H3,(H,16,17);1H. The van der Waals surface area contributed by atoms with Gasteiger partial charge in [0.1, 0.15) is 5.75 Å². The quantitative estimate of drug-likeness (QED) is 0.722. The lowest BCUT2D eigenvalue weighted by Crippen LogP contribution is -2.37. The van der Waals surface area contributed by atoms with Crippen LogP contribution >= 0.6 is 24.2 Å². The molecule has 1 atom stereocenters. The number of thioether (sulfide) groups is 1. The Morgan fingerprint density at radius 2 is 2.00 bits per heavy atom. The number of carbonyl (C=O) groups is 1. The molecule has 0 aromatic heterocycles. The second kappa shape index (κ2) is 10.8. The van der Waals surface area contributed by atoms with Gasteiger partial charge in [0.25, 0.3) is 0 Å². The van der Waals surface area contributed by atoms with Gasteiger partial charge in [0.15, 0.2) is 0 Å². The Bertz CT molecular complexity index is 387. The third kappa shape index (κ3) is 7.62. The highest BCUT2D eigenvalue weighted by Gasteiger charge is 2.04. The molecule has 0 fully saturated rings. The Hall–Kier alpha value is -0.910. The van der Waals surface area contributed by atoms with Gasteiger partial charge < -0.3 is 15.4 Å². The Balaban J connectivity index is 0.00000361. The summed E-state index contributed by atoms with van der Waals surface area (Å²) in [5.74, 6) is 1.35. The van der Waals surface area contributed by atoms with Crippen molar-refractivity contribution in [2.75, 3.05) is 26.0 Å². The van der Waals surface area contributed by atoms with Gasteiger partial charge in [-0.2, -0.15) is 0 Å². The van der Waals surface area contributed by atoms with Gasteiger partial charge in [0, 0.05) is 17.5 Å². The van der Waals surface area contributed by atoms with Crippen molar-refractivity contribution in [2.24, 2.45) is 0 Å². The van der Waals surface area contributed by atoms with Crippen LogP contribution in [0.15, 0.2) is 29.2 Å². The van der Waals surface area contributed by atoms with E-state index in [1.165, 1.54) is 11.8 Å². The summed E-state index contributed by atoms with van der Waals surface area (Å²) in [5.41, 5.74) is 0. The molecule has 1 amide bonds. The van der Waals surface area contributed by atoms with E-state index in [1.54, 1.807) is 0 Å². The van der Waals surface area contributed by atoms with Crippen molar-refractivity contribution in [3.63, 3.8) is 0 Å². The molecule has 4 nitrogen and oxygen atoms in total. The lowest BCUT2D eigenvalue weighted by Gasteiger charge is -2.11. The van der Waals surface area contributed by atoms with Crippen LogP contribution in [0.25, 0.3) is 0 Å². The predicted molar refractivity (Wildman–Crippen MR) is 87.1 cm³/mol. The first-order chi connectivity index (χ1) is 9.15. The van der Waals surface area contributed by atoms with E-state index >= 15 is 0 Å². The number of likely N-dealkylation sites (N-methyl/N-ethyl adjacent to an activating group) is 1. The maximum atomic E-state index is 11.6. The minimum absolute atomic E-state index is 0. The first kappa shape index (κ1) is 19.1. The number of benzene rings is 1. The molecule has 0 heterocycles. The highest BCUT2D eigenvalue weighted by molar-refractivity contribution is 8.00. The SMILES string of the molecule is CCOc1ccc(SCC(=O)NCC(C)NC)cc1.Cl. The third-order valence-corrected chi connectivity index (χ3v) is 3.61. The van der Waals surface area contributed by atoms with E-state index in [-0.39, 0.29) is 18.3 Å². The molecule has 0 aliphatic heterocycles. The number of nitrogens with one attached hydrogen (secondary N) is 2. The van der Waals surface area contributed by atoms with Crippen LogP contribution in [-0.2, 0) is 4.79 Å². The zero-order chi connectivity index (χ0) is 14.1. The number of halogens is 1. The Kier molecular flexibility index (Phi) is 10.3. The molecule has 2 N–H and O–H groups in total. The summed E-state index contributed by atoms with van der Waals surface area (Å²) in [6.07, 6.45) is 0. The normalized spacial score (nSPS) is 11.3. The number of carbonyl (C=O) groups excluding carboxylic acids is 1. The lowest BCUT2D eigenvalue weighted by atomic mass is 10.3. The van der Waals surface area contributed by atoms with Crippen molar-refractivity contribution in [2.45, 2.75) is 24.8 Å². The molecule has 0 radical (unpaired) electrons. The van der Waals surface area contributed by atoms with Crippen molar-refractivity contribution >= 4 is 30.1 Å². The number of amides is 1. The molecule has 0 aliphatic rings. The van der Waals surface area contributed by atoms with Crippen molar-refractivity contribution in [3.8, 4) is 5.75 Å². The fourth-order valence-electron chi connectivity index (χ4n) is 1.37. The molecule has 114 valence electrons. The molecular formula is C14H23ClN2O2S. The summed E-state index contributed by atoms with van der Waals surface area (Å²) < 4.78 is 5.37. The number of rotatable bonds is 8. The van der Waals surface area contributed by atoms with E-state index in [1.807, 2.05) is 45.2 Å². The summed E-state index contributed by atoms with van der Waals surface area (Å²) >= 11 is 1.53. The van der Waals surface area contributed by atoms with Gasteiger partial charge in [0.05, 0.1) is 12.4 Å². The van der Waals surface area contributed by atoms with Crippen LogP contribution in [0.3, 0.4) is 0 Å². The minimum atomic E-state index is 0. The zero-order valence-electron chi connectivity index (χ0n) is 12.1. The zero-order valence-corrected chi connectivity index (χ0v) is 13.8. The second-order valence-corrected chi connectivity index (χ2v) is 5.24. The highest BCUT2D eigenvalue weighted by atomic mass is 35.5. The van der Waals surface area contributed by atoms with Gasteiger partial charge in [-0.3, -0.25) is 4.79 Å². The van der Waals surface area contributed by atoms with Crippen molar-refractivity contribution in [3.05, 3.63) is 24.3 Å². The molecule has 1 aromatic rings. The Labute approximate surface area is 131 Å². The molecule has 0 bridgehead atoms. The Morgan fingerprint density at radius 1 is 1.35 bits per heavy atom. The van der Waals surface area contributed by atoms with E-state index in [9.17, 15) is 4.79 Å². The summed E-state index contributed by atoms with van der Waals surface area (Å²) in [6.45, 7) is 5.30. The molecule has 0 saturated carbocycles. The summed E-state index contributed by atoms with van der Waals surface area (Å²) in [6, 6.07) is 8.08. The van der Waals surface area contributed by atoms with Crippen LogP contribution < -0.4 is 15.4 Å². The van der Waals surface area contributed by atoms with Gasteiger partial charge in [-0.25, -0.2) is 0 Å². The van der Waals surface area contributed by atoms with Gasteiger partial charge in [0.2, 0.25) is 5.91 Å². The van der Waals surface area contributed by atoms with Crippen LogP contribution in [0, 0.1) is 0 Å². The Morgan fingerprint density at radius 3 is 2.55 bits per heavy atom. The average molecular weight is 319 g/mol. The molecule has 0 saturated heterocycles. The summed E-state index contributed by atoms with van der Waals surface area (Å²) in [7, 11) is 1.88. The highest BCUT2D eigenvalue weighted by Crippen LogP contribution is 2.21. The topological polar surface area (TPSA) is 50.4 Å². The number of hydrogen-bond acceptors (Lipinski definition) is 4. The van der Waals surface area contributed by atoms with E-state index in [0.29, 0.717) is 24.9 Å². The minimum Gasteiger partial charge on any atom is -0.494 e. The largest absolute Gasteiger partial charge is 0.494 e. The van der Waals surface area contributed by atoms with E-state index < -0.39 is 0 Å². The van der Waals surface area contributed by atoms with E-state index in [4.69, 9.17) is 4.74 Å². The van der Waals surface area contributed by atoms with Crippen molar-refractivity contribution < 1.29 is 9.53 Å². The smallest absolute Gasteiger partial charge is 0.230 e. The van der Waals surface area contributed by atoms with Crippen LogP contribution in [0.5, 0.6) is 5.75 Å². The van der Waals surface area contributed by atoms with Crippen LogP contribution in [0.1, 0.15) is 13.8 Å². The number of hydrogen-bond donors (Lipinski definition) is 2. The maximum Gasteiger partial charge on any atom is 0.230 e. The fourth-order valence-corrected chi connectivity index (χ4v) is 2.10. The first-order valence-corrected chi connectivity index (χ1v) is 7.44.